The van der Waals surface area contributed by atoms with Gasteiger partial charge in [0.15, 0.2) is 0 Å². The third-order valence-corrected chi connectivity index (χ3v) is 2.39. The first kappa shape index (κ1) is 7.84. The molecule has 0 aromatic heterocycles. The molecule has 0 nitrogen and oxygen atoms in total. The Morgan fingerprint density at radius 1 is 1.40 bits per heavy atom. The Morgan fingerprint density at radius 3 is 3.00 bits per heavy atom. The predicted octanol–water partition coefficient (Wildman–Crippen LogP) is 3.53. The standard InChI is InChI=1S/C10H18/c1-9-5-3-4-6-10(2)8-7-9/h7,10H,3-6,8H2,1-2H3. The van der Waals surface area contributed by atoms with Crippen LogP contribution in [0.15, 0.2) is 11.6 Å². The largest absolute Gasteiger partial charge is 0.0853 e. The van der Waals surface area contributed by atoms with Crippen LogP contribution in [0.2, 0.25) is 0 Å². The molecule has 0 aromatic rings. The number of rotatable bonds is 0. The topological polar surface area (TPSA) is 0 Å². The maximum absolute atomic E-state index is 2.42. The predicted molar refractivity (Wildman–Crippen MR) is 46.0 cm³/mol. The van der Waals surface area contributed by atoms with Gasteiger partial charge in [-0.3, -0.25) is 0 Å². The van der Waals surface area contributed by atoms with Crippen LogP contribution in [-0.4, -0.2) is 0 Å². The Hall–Kier alpha value is -0.260. The Balaban J connectivity index is 2.42. The minimum absolute atomic E-state index is 0.926. The van der Waals surface area contributed by atoms with Gasteiger partial charge in [-0.15, -0.1) is 0 Å². The Labute approximate surface area is 64.3 Å². The molecule has 0 heterocycles. The molecule has 58 valence electrons. The van der Waals surface area contributed by atoms with E-state index in [9.17, 15) is 0 Å². The van der Waals surface area contributed by atoms with Crippen LogP contribution in [0.3, 0.4) is 0 Å². The molecule has 0 spiro atoms. The van der Waals surface area contributed by atoms with Crippen molar-refractivity contribution in [2.75, 3.05) is 0 Å². The summed E-state index contributed by atoms with van der Waals surface area (Å²) >= 11 is 0. The van der Waals surface area contributed by atoms with Crippen molar-refractivity contribution < 1.29 is 0 Å². The van der Waals surface area contributed by atoms with Crippen LogP contribution in [0.4, 0.5) is 0 Å². The van der Waals surface area contributed by atoms with E-state index in [2.05, 4.69) is 19.9 Å². The molecule has 1 aliphatic rings. The molecule has 0 aliphatic heterocycles. The summed E-state index contributed by atoms with van der Waals surface area (Å²) in [5, 5.41) is 0. The second-order valence-electron chi connectivity index (χ2n) is 3.64. The van der Waals surface area contributed by atoms with Crippen LogP contribution in [0, 0.1) is 5.92 Å². The lowest BCUT2D eigenvalue weighted by molar-refractivity contribution is 0.490. The van der Waals surface area contributed by atoms with Crippen molar-refractivity contribution in [2.45, 2.75) is 46.0 Å². The van der Waals surface area contributed by atoms with Gasteiger partial charge in [0, 0.05) is 0 Å². The highest BCUT2D eigenvalue weighted by atomic mass is 14.1. The minimum atomic E-state index is 0.926. The smallest absolute Gasteiger partial charge is 0.0322 e. The third-order valence-electron chi connectivity index (χ3n) is 2.39. The van der Waals surface area contributed by atoms with Crippen LogP contribution in [-0.2, 0) is 0 Å². The SMILES string of the molecule is CC1=CCC(C)CCCC1. The van der Waals surface area contributed by atoms with Crippen LogP contribution in [0.25, 0.3) is 0 Å². The zero-order chi connectivity index (χ0) is 7.40. The van der Waals surface area contributed by atoms with E-state index >= 15 is 0 Å². The third kappa shape index (κ3) is 2.55. The van der Waals surface area contributed by atoms with Gasteiger partial charge in [0.05, 0.1) is 0 Å². The highest BCUT2D eigenvalue weighted by Crippen LogP contribution is 2.20. The molecule has 0 aromatic carbocycles. The van der Waals surface area contributed by atoms with Gasteiger partial charge in [-0.25, -0.2) is 0 Å². The molecule has 0 saturated carbocycles. The average molecular weight is 138 g/mol. The number of hydrogen-bond acceptors (Lipinski definition) is 0. The lowest BCUT2D eigenvalue weighted by Gasteiger charge is -2.12. The Morgan fingerprint density at radius 2 is 2.20 bits per heavy atom. The van der Waals surface area contributed by atoms with Gasteiger partial charge in [0.25, 0.3) is 0 Å². The fourth-order valence-corrected chi connectivity index (χ4v) is 1.52. The van der Waals surface area contributed by atoms with E-state index in [1.807, 2.05) is 0 Å². The molecule has 1 unspecified atom stereocenters. The van der Waals surface area contributed by atoms with Gasteiger partial charge in [0.2, 0.25) is 0 Å². The number of hydrogen-bond donors (Lipinski definition) is 0. The van der Waals surface area contributed by atoms with E-state index in [0.717, 1.165) is 5.92 Å². The Kier molecular flexibility index (Phi) is 2.98. The minimum Gasteiger partial charge on any atom is -0.0853 e. The van der Waals surface area contributed by atoms with Crippen molar-refractivity contribution >= 4 is 0 Å². The van der Waals surface area contributed by atoms with Crippen LogP contribution >= 0.6 is 0 Å². The van der Waals surface area contributed by atoms with E-state index in [-0.39, 0.29) is 0 Å². The van der Waals surface area contributed by atoms with E-state index in [1.165, 1.54) is 32.1 Å². The monoisotopic (exact) mass is 138 g/mol. The van der Waals surface area contributed by atoms with Gasteiger partial charge >= 0.3 is 0 Å². The van der Waals surface area contributed by atoms with Gasteiger partial charge < -0.3 is 0 Å². The zero-order valence-corrected chi connectivity index (χ0v) is 7.19. The van der Waals surface area contributed by atoms with Crippen molar-refractivity contribution in [3.8, 4) is 0 Å². The number of allylic oxidation sites excluding steroid dienone is 2. The summed E-state index contributed by atoms with van der Waals surface area (Å²) in [5.74, 6) is 0.926. The van der Waals surface area contributed by atoms with Crippen molar-refractivity contribution in [2.24, 2.45) is 5.92 Å². The highest BCUT2D eigenvalue weighted by molar-refractivity contribution is 4.99. The van der Waals surface area contributed by atoms with Gasteiger partial charge in [0.1, 0.15) is 0 Å². The summed E-state index contributed by atoms with van der Waals surface area (Å²) in [6.07, 6.45) is 9.35. The zero-order valence-electron chi connectivity index (χ0n) is 7.19. The molecular formula is C10H18. The fourth-order valence-electron chi connectivity index (χ4n) is 1.52. The normalized spacial score (nSPS) is 28.6. The fraction of sp³-hybridized carbons (Fsp3) is 0.800. The van der Waals surface area contributed by atoms with E-state index < -0.39 is 0 Å². The quantitative estimate of drug-likeness (QED) is 0.449. The van der Waals surface area contributed by atoms with E-state index in [1.54, 1.807) is 5.57 Å². The van der Waals surface area contributed by atoms with Crippen LogP contribution in [0.5, 0.6) is 0 Å². The molecule has 0 N–H and O–H groups in total. The molecule has 0 saturated heterocycles. The Bertz CT molecular complexity index is 122. The molecule has 0 heteroatoms. The van der Waals surface area contributed by atoms with Crippen LogP contribution in [0.1, 0.15) is 46.0 Å². The first-order valence-electron chi connectivity index (χ1n) is 4.44. The highest BCUT2D eigenvalue weighted by Gasteiger charge is 2.03. The summed E-state index contributed by atoms with van der Waals surface area (Å²) in [6, 6.07) is 0. The maximum atomic E-state index is 2.42. The molecule has 10 heavy (non-hydrogen) atoms. The summed E-state index contributed by atoms with van der Waals surface area (Å²) in [5.41, 5.74) is 1.60. The van der Waals surface area contributed by atoms with Gasteiger partial charge in [-0.2, -0.15) is 0 Å². The molecule has 1 atom stereocenters. The summed E-state index contributed by atoms with van der Waals surface area (Å²) in [6.45, 7) is 4.62. The molecule has 0 radical (unpaired) electrons. The first-order chi connectivity index (χ1) is 4.79. The van der Waals surface area contributed by atoms with Crippen molar-refractivity contribution in [1.82, 2.24) is 0 Å². The summed E-state index contributed by atoms with van der Waals surface area (Å²) < 4.78 is 0. The van der Waals surface area contributed by atoms with E-state index in [0.29, 0.717) is 0 Å². The lowest BCUT2D eigenvalue weighted by Crippen LogP contribution is -1.96. The van der Waals surface area contributed by atoms with Crippen molar-refractivity contribution in [1.29, 1.82) is 0 Å². The first-order valence-corrected chi connectivity index (χ1v) is 4.44. The summed E-state index contributed by atoms with van der Waals surface area (Å²) in [7, 11) is 0. The van der Waals surface area contributed by atoms with Crippen molar-refractivity contribution in [3.05, 3.63) is 11.6 Å². The average Bonchev–Trinajstić information content (AvgIpc) is 1.90. The molecular weight excluding hydrogens is 120 g/mol. The lowest BCUT2D eigenvalue weighted by atomic mass is 9.94. The second-order valence-corrected chi connectivity index (χ2v) is 3.64. The van der Waals surface area contributed by atoms with Gasteiger partial charge in [-0.1, -0.05) is 31.4 Å². The van der Waals surface area contributed by atoms with Crippen LogP contribution < -0.4 is 0 Å². The van der Waals surface area contributed by atoms with Gasteiger partial charge in [-0.05, 0) is 32.1 Å². The second kappa shape index (κ2) is 3.80. The molecule has 0 fully saturated rings. The molecule has 1 rings (SSSR count). The van der Waals surface area contributed by atoms with E-state index in [4.69, 9.17) is 0 Å². The summed E-state index contributed by atoms with van der Waals surface area (Å²) in [4.78, 5) is 0. The maximum Gasteiger partial charge on any atom is -0.0322 e. The molecule has 0 amide bonds. The van der Waals surface area contributed by atoms with Crippen molar-refractivity contribution in [3.63, 3.8) is 0 Å². The molecule has 0 bridgehead atoms. The molecule has 1 aliphatic carbocycles.